The summed E-state index contributed by atoms with van der Waals surface area (Å²) in [6.07, 6.45) is 1.59. The first-order valence-electron chi connectivity index (χ1n) is 9.24. The number of hydrogen-bond acceptors (Lipinski definition) is 8. The number of hydrazone groups is 1. The van der Waals surface area contributed by atoms with Gasteiger partial charge in [0.1, 0.15) is 12.4 Å². The Labute approximate surface area is 183 Å². The van der Waals surface area contributed by atoms with E-state index in [4.69, 9.17) is 10.5 Å². The molecular formula is C21H23N5O2S2. The first-order valence-corrected chi connectivity index (χ1v) is 11.0. The lowest BCUT2D eigenvalue weighted by Crippen LogP contribution is -2.19. The van der Waals surface area contributed by atoms with Gasteiger partial charge in [-0.3, -0.25) is 4.79 Å². The van der Waals surface area contributed by atoms with E-state index in [1.54, 1.807) is 6.21 Å². The molecule has 156 valence electrons. The number of nitrogens with two attached hydrogens (primary N) is 1. The molecule has 30 heavy (non-hydrogen) atoms. The number of rotatable bonds is 8. The Kier molecular flexibility index (Phi) is 7.42. The van der Waals surface area contributed by atoms with E-state index in [2.05, 4.69) is 53.6 Å². The van der Waals surface area contributed by atoms with Crippen LogP contribution in [0.25, 0.3) is 0 Å². The molecule has 0 fully saturated rings. The normalized spacial score (nSPS) is 11.0. The fraction of sp³-hybridized carbons (Fsp3) is 0.238. The minimum Gasteiger partial charge on any atom is -0.489 e. The van der Waals surface area contributed by atoms with Gasteiger partial charge < -0.3 is 10.5 Å². The topological polar surface area (TPSA) is 102 Å². The zero-order chi connectivity index (χ0) is 21.5. The highest BCUT2D eigenvalue weighted by Crippen LogP contribution is 2.23. The number of ether oxygens (including phenoxy) is 1. The Balaban J connectivity index is 1.46. The Morgan fingerprint density at radius 3 is 2.60 bits per heavy atom. The molecule has 0 aliphatic rings. The molecule has 0 spiro atoms. The number of carbonyl (C=O) groups excluding carboxylic acids is 1. The Bertz CT molecular complexity index is 1050. The lowest BCUT2D eigenvalue weighted by molar-refractivity contribution is -0.118. The predicted molar refractivity (Wildman–Crippen MR) is 122 cm³/mol. The summed E-state index contributed by atoms with van der Waals surface area (Å²) in [5.74, 6) is 0.742. The first-order chi connectivity index (χ1) is 14.4. The fourth-order valence-corrected chi connectivity index (χ4v) is 4.03. The van der Waals surface area contributed by atoms with Gasteiger partial charge in [0.2, 0.25) is 5.13 Å². The van der Waals surface area contributed by atoms with E-state index in [1.165, 1.54) is 45.4 Å². The van der Waals surface area contributed by atoms with E-state index in [1.807, 2.05) is 24.3 Å². The van der Waals surface area contributed by atoms with Gasteiger partial charge in [0.25, 0.3) is 5.91 Å². The van der Waals surface area contributed by atoms with E-state index in [0.29, 0.717) is 16.1 Å². The third-order valence-corrected chi connectivity index (χ3v) is 6.26. The number of nitrogens with one attached hydrogen (secondary N) is 1. The molecular weight excluding hydrogens is 418 g/mol. The largest absolute Gasteiger partial charge is 0.489 e. The molecule has 9 heteroatoms. The predicted octanol–water partition coefficient (Wildman–Crippen LogP) is 3.87. The summed E-state index contributed by atoms with van der Waals surface area (Å²) in [6, 6.07) is 11.9. The molecule has 3 aromatic rings. The summed E-state index contributed by atoms with van der Waals surface area (Å²) < 4.78 is 6.56. The molecule has 0 aliphatic carbocycles. The number of aryl methyl sites for hydroxylation is 3. The van der Waals surface area contributed by atoms with E-state index >= 15 is 0 Å². The van der Waals surface area contributed by atoms with Gasteiger partial charge in [-0.15, -0.1) is 10.2 Å². The van der Waals surface area contributed by atoms with E-state index < -0.39 is 0 Å². The van der Waals surface area contributed by atoms with Crippen LogP contribution in [0.15, 0.2) is 45.8 Å². The van der Waals surface area contributed by atoms with Crippen molar-refractivity contribution in [2.24, 2.45) is 5.10 Å². The van der Waals surface area contributed by atoms with E-state index in [-0.39, 0.29) is 11.7 Å². The average molecular weight is 442 g/mol. The lowest BCUT2D eigenvalue weighted by atomic mass is 10.0. The van der Waals surface area contributed by atoms with Gasteiger partial charge in [0, 0.05) is 0 Å². The molecule has 0 radical (unpaired) electrons. The standard InChI is InChI=1S/C21H23N5O2S2/c1-13-8-15(3)17(9-14(13)2)11-28-18-6-4-16(5-7-18)10-23-24-19(27)12-29-21-26-25-20(22)30-21/h4-10H,11-12H2,1-3H3,(H2,22,25)(H,24,27). The van der Waals surface area contributed by atoms with Crippen molar-refractivity contribution in [1.82, 2.24) is 15.6 Å². The molecule has 0 saturated heterocycles. The van der Waals surface area contributed by atoms with Crippen molar-refractivity contribution in [3.63, 3.8) is 0 Å². The summed E-state index contributed by atoms with van der Waals surface area (Å²) in [5, 5.41) is 11.9. The maximum atomic E-state index is 11.8. The molecule has 0 bridgehead atoms. The van der Waals surface area contributed by atoms with Crippen molar-refractivity contribution in [3.05, 3.63) is 64.2 Å². The average Bonchev–Trinajstić information content (AvgIpc) is 3.14. The summed E-state index contributed by atoms with van der Waals surface area (Å²) in [5.41, 5.74) is 13.8. The third-order valence-electron chi connectivity index (χ3n) is 4.38. The van der Waals surface area contributed by atoms with Gasteiger partial charge >= 0.3 is 0 Å². The smallest absolute Gasteiger partial charge is 0.250 e. The Morgan fingerprint density at radius 2 is 1.90 bits per heavy atom. The number of thioether (sulfide) groups is 1. The van der Waals surface area contributed by atoms with Crippen LogP contribution < -0.4 is 15.9 Å². The number of amides is 1. The minimum absolute atomic E-state index is 0.191. The number of carbonyl (C=O) groups is 1. The first kappa shape index (κ1) is 21.8. The molecule has 0 saturated carbocycles. The van der Waals surface area contributed by atoms with Crippen molar-refractivity contribution in [2.75, 3.05) is 11.5 Å². The second-order valence-electron chi connectivity index (χ2n) is 6.71. The number of nitrogens with zero attached hydrogens (tertiary/aromatic N) is 3. The number of nitrogen functional groups attached to an aromatic ring is 1. The Hall–Kier alpha value is -2.91. The highest BCUT2D eigenvalue weighted by molar-refractivity contribution is 8.01. The number of anilines is 1. The van der Waals surface area contributed by atoms with Crippen LogP contribution >= 0.6 is 23.1 Å². The molecule has 1 heterocycles. The highest BCUT2D eigenvalue weighted by Gasteiger charge is 2.06. The molecule has 7 nitrogen and oxygen atoms in total. The van der Waals surface area contributed by atoms with Crippen molar-refractivity contribution in [1.29, 1.82) is 0 Å². The summed E-state index contributed by atoms with van der Waals surface area (Å²) in [4.78, 5) is 11.8. The Morgan fingerprint density at radius 1 is 1.17 bits per heavy atom. The number of aromatic nitrogens is 2. The number of hydrogen-bond donors (Lipinski definition) is 2. The molecule has 0 unspecified atom stereocenters. The second-order valence-corrected chi connectivity index (χ2v) is 8.94. The maximum Gasteiger partial charge on any atom is 0.250 e. The summed E-state index contributed by atoms with van der Waals surface area (Å²) >= 11 is 2.51. The zero-order valence-electron chi connectivity index (χ0n) is 17.0. The van der Waals surface area contributed by atoms with Crippen LogP contribution in [0, 0.1) is 20.8 Å². The monoisotopic (exact) mass is 441 g/mol. The maximum absolute atomic E-state index is 11.8. The number of benzene rings is 2. The SMILES string of the molecule is Cc1cc(C)c(COc2ccc(C=NNC(=O)CSc3nnc(N)s3)cc2)cc1C. The molecule has 0 atom stereocenters. The highest BCUT2D eigenvalue weighted by atomic mass is 32.2. The van der Waals surface area contributed by atoms with Gasteiger partial charge in [-0.2, -0.15) is 5.10 Å². The van der Waals surface area contributed by atoms with Crippen molar-refractivity contribution >= 4 is 40.4 Å². The minimum atomic E-state index is -0.228. The summed E-state index contributed by atoms with van der Waals surface area (Å²) in [7, 11) is 0. The third kappa shape index (κ3) is 6.30. The summed E-state index contributed by atoms with van der Waals surface area (Å²) in [6.45, 7) is 6.84. The fourth-order valence-electron chi connectivity index (χ4n) is 2.60. The van der Waals surface area contributed by atoms with Gasteiger partial charge in [0.15, 0.2) is 4.34 Å². The van der Waals surface area contributed by atoms with Gasteiger partial charge in [0.05, 0.1) is 12.0 Å². The second kappa shape index (κ2) is 10.2. The lowest BCUT2D eigenvalue weighted by Gasteiger charge is -2.11. The van der Waals surface area contributed by atoms with Crippen LogP contribution in [0.2, 0.25) is 0 Å². The van der Waals surface area contributed by atoms with Crippen LogP contribution in [0.4, 0.5) is 5.13 Å². The molecule has 3 rings (SSSR count). The van der Waals surface area contributed by atoms with E-state index in [9.17, 15) is 4.79 Å². The quantitative estimate of drug-likeness (QED) is 0.313. The van der Waals surface area contributed by atoms with Crippen LogP contribution in [0.3, 0.4) is 0 Å². The van der Waals surface area contributed by atoms with E-state index in [0.717, 1.165) is 11.3 Å². The zero-order valence-corrected chi connectivity index (χ0v) is 18.6. The van der Waals surface area contributed by atoms with Crippen molar-refractivity contribution < 1.29 is 9.53 Å². The van der Waals surface area contributed by atoms with Crippen LogP contribution in [0.1, 0.15) is 27.8 Å². The molecule has 0 aliphatic heterocycles. The molecule has 3 N–H and O–H groups in total. The van der Waals surface area contributed by atoms with Gasteiger partial charge in [-0.1, -0.05) is 35.2 Å². The molecule has 1 amide bonds. The van der Waals surface area contributed by atoms with Gasteiger partial charge in [-0.25, -0.2) is 5.43 Å². The van der Waals surface area contributed by atoms with Gasteiger partial charge in [-0.05, 0) is 72.9 Å². The molecule has 1 aromatic heterocycles. The van der Waals surface area contributed by atoms with Crippen molar-refractivity contribution in [2.45, 2.75) is 31.7 Å². The van der Waals surface area contributed by atoms with Crippen molar-refractivity contribution in [3.8, 4) is 5.75 Å². The van der Waals surface area contributed by atoms with Crippen LogP contribution in [0.5, 0.6) is 5.75 Å². The van der Waals surface area contributed by atoms with Crippen LogP contribution in [-0.4, -0.2) is 28.1 Å². The molecule has 2 aromatic carbocycles. The van der Waals surface area contributed by atoms with Crippen LogP contribution in [-0.2, 0) is 11.4 Å².